The number of anilines is 1. The van der Waals surface area contributed by atoms with Gasteiger partial charge in [-0.05, 0) is 18.6 Å². The summed E-state index contributed by atoms with van der Waals surface area (Å²) < 4.78 is 48.4. The summed E-state index contributed by atoms with van der Waals surface area (Å²) in [6.07, 6.45) is 0.884. The number of sulfone groups is 1. The SMILES string of the molecule is CS(=O)(=O)CCC(N)C(=O)Nc1c(F)cccc1F. The van der Waals surface area contributed by atoms with Gasteiger partial charge in [-0.1, -0.05) is 6.07 Å². The molecular weight excluding hydrogens is 278 g/mol. The third kappa shape index (κ3) is 4.92. The number of para-hydroxylation sites is 1. The van der Waals surface area contributed by atoms with Crippen LogP contribution in [0.15, 0.2) is 18.2 Å². The average Bonchev–Trinajstić information content (AvgIpc) is 2.29. The van der Waals surface area contributed by atoms with Crippen LogP contribution in [0.1, 0.15) is 6.42 Å². The first-order valence-corrected chi connectivity index (χ1v) is 7.45. The summed E-state index contributed by atoms with van der Waals surface area (Å²) in [7, 11) is -3.25. The molecule has 0 heterocycles. The molecule has 1 unspecified atom stereocenters. The van der Waals surface area contributed by atoms with Gasteiger partial charge in [-0.25, -0.2) is 17.2 Å². The first kappa shape index (κ1) is 15.5. The highest BCUT2D eigenvalue weighted by molar-refractivity contribution is 7.90. The molecule has 3 N–H and O–H groups in total. The molecule has 1 aromatic carbocycles. The average molecular weight is 292 g/mol. The summed E-state index contributed by atoms with van der Waals surface area (Å²) in [6.45, 7) is 0. The number of nitrogens with two attached hydrogens (primary N) is 1. The highest BCUT2D eigenvalue weighted by atomic mass is 32.2. The molecule has 0 radical (unpaired) electrons. The molecule has 1 atom stereocenters. The number of amides is 1. The Morgan fingerprint density at radius 2 is 1.89 bits per heavy atom. The van der Waals surface area contributed by atoms with Crippen molar-refractivity contribution in [3.8, 4) is 0 Å². The van der Waals surface area contributed by atoms with Gasteiger partial charge in [0.15, 0.2) is 0 Å². The number of benzene rings is 1. The van der Waals surface area contributed by atoms with E-state index >= 15 is 0 Å². The van der Waals surface area contributed by atoms with Crippen molar-refractivity contribution < 1.29 is 22.0 Å². The molecule has 8 heteroatoms. The van der Waals surface area contributed by atoms with Gasteiger partial charge in [0.05, 0.1) is 11.8 Å². The van der Waals surface area contributed by atoms with Crippen LogP contribution < -0.4 is 11.1 Å². The Balaban J connectivity index is 2.69. The van der Waals surface area contributed by atoms with Crippen molar-refractivity contribution in [1.82, 2.24) is 0 Å². The Morgan fingerprint density at radius 3 is 2.37 bits per heavy atom. The van der Waals surface area contributed by atoms with E-state index in [1.54, 1.807) is 0 Å². The number of carbonyl (C=O) groups is 1. The van der Waals surface area contributed by atoms with Crippen LogP contribution >= 0.6 is 0 Å². The second-order valence-electron chi connectivity index (χ2n) is 4.11. The van der Waals surface area contributed by atoms with E-state index in [0.717, 1.165) is 24.5 Å². The number of carbonyl (C=O) groups excluding carboxylic acids is 1. The summed E-state index contributed by atoms with van der Waals surface area (Å²) in [6, 6.07) is 1.97. The molecule has 0 aliphatic heterocycles. The largest absolute Gasteiger partial charge is 0.320 e. The van der Waals surface area contributed by atoms with E-state index in [2.05, 4.69) is 0 Å². The molecule has 0 aliphatic carbocycles. The number of halogens is 2. The molecule has 106 valence electrons. The van der Waals surface area contributed by atoms with Crippen molar-refractivity contribution >= 4 is 21.4 Å². The highest BCUT2D eigenvalue weighted by Crippen LogP contribution is 2.18. The smallest absolute Gasteiger partial charge is 0.241 e. The molecule has 0 spiro atoms. The van der Waals surface area contributed by atoms with Crippen LogP contribution in [0.3, 0.4) is 0 Å². The lowest BCUT2D eigenvalue weighted by Gasteiger charge is -2.12. The van der Waals surface area contributed by atoms with Crippen LogP contribution in [0, 0.1) is 11.6 Å². The van der Waals surface area contributed by atoms with Gasteiger partial charge < -0.3 is 11.1 Å². The zero-order chi connectivity index (χ0) is 14.6. The van der Waals surface area contributed by atoms with E-state index in [1.807, 2.05) is 5.32 Å². The second kappa shape index (κ2) is 6.07. The van der Waals surface area contributed by atoms with Gasteiger partial charge in [-0.2, -0.15) is 0 Å². The molecule has 5 nitrogen and oxygen atoms in total. The van der Waals surface area contributed by atoms with Crippen molar-refractivity contribution in [2.45, 2.75) is 12.5 Å². The second-order valence-corrected chi connectivity index (χ2v) is 6.37. The van der Waals surface area contributed by atoms with Gasteiger partial charge in [-0.15, -0.1) is 0 Å². The van der Waals surface area contributed by atoms with Crippen LogP contribution in [0.2, 0.25) is 0 Å². The van der Waals surface area contributed by atoms with Gasteiger partial charge in [-0.3, -0.25) is 4.79 Å². The summed E-state index contributed by atoms with van der Waals surface area (Å²) in [5.41, 5.74) is 4.86. The predicted molar refractivity (Wildman–Crippen MR) is 67.3 cm³/mol. The first-order valence-electron chi connectivity index (χ1n) is 5.39. The predicted octanol–water partition coefficient (Wildman–Crippen LogP) is 0.665. The molecule has 0 bridgehead atoms. The maximum Gasteiger partial charge on any atom is 0.241 e. The summed E-state index contributed by atoms with van der Waals surface area (Å²) in [5, 5.41) is 2.01. The van der Waals surface area contributed by atoms with E-state index < -0.39 is 39.1 Å². The summed E-state index contributed by atoms with van der Waals surface area (Å²) >= 11 is 0. The standard InChI is InChI=1S/C11H14F2N2O3S/c1-19(17,18)6-5-9(14)11(16)15-10-7(12)3-2-4-8(10)13/h2-4,9H,5-6,14H2,1H3,(H,15,16). The monoisotopic (exact) mass is 292 g/mol. The number of hydrogen-bond acceptors (Lipinski definition) is 4. The fourth-order valence-corrected chi connectivity index (χ4v) is 1.99. The minimum Gasteiger partial charge on any atom is -0.320 e. The topological polar surface area (TPSA) is 89.3 Å². The Kier molecular flexibility index (Phi) is 4.96. The summed E-state index contributed by atoms with van der Waals surface area (Å²) in [4.78, 5) is 11.6. The number of rotatable bonds is 5. The van der Waals surface area contributed by atoms with Crippen molar-refractivity contribution in [3.05, 3.63) is 29.8 Å². The maximum atomic E-state index is 13.3. The van der Waals surface area contributed by atoms with Gasteiger partial charge in [0.2, 0.25) is 5.91 Å². The fraction of sp³-hybridized carbons (Fsp3) is 0.364. The Labute approximate surface area is 109 Å². The fourth-order valence-electron chi connectivity index (χ4n) is 1.31. The van der Waals surface area contributed by atoms with Crippen molar-refractivity contribution in [2.24, 2.45) is 5.73 Å². The molecule has 0 aliphatic rings. The Bertz CT molecular complexity index is 555. The van der Waals surface area contributed by atoms with Crippen LogP contribution in [0.5, 0.6) is 0 Å². The number of hydrogen-bond donors (Lipinski definition) is 2. The van der Waals surface area contributed by atoms with Gasteiger partial charge >= 0.3 is 0 Å². The molecule has 1 aromatic rings. The summed E-state index contributed by atoms with van der Waals surface area (Å²) in [5.74, 6) is -2.97. The minimum atomic E-state index is -3.25. The zero-order valence-electron chi connectivity index (χ0n) is 10.2. The molecule has 0 aromatic heterocycles. The van der Waals surface area contributed by atoms with Crippen LogP contribution in [0.4, 0.5) is 14.5 Å². The minimum absolute atomic E-state index is 0.124. The van der Waals surface area contributed by atoms with E-state index in [-0.39, 0.29) is 12.2 Å². The Morgan fingerprint density at radius 1 is 1.37 bits per heavy atom. The van der Waals surface area contributed by atoms with E-state index in [1.165, 1.54) is 0 Å². The normalized spacial score (nSPS) is 13.1. The van der Waals surface area contributed by atoms with Gasteiger partial charge in [0, 0.05) is 6.26 Å². The molecule has 0 fully saturated rings. The molecular formula is C11H14F2N2O3S. The maximum absolute atomic E-state index is 13.3. The molecule has 19 heavy (non-hydrogen) atoms. The third-order valence-electron chi connectivity index (χ3n) is 2.35. The van der Waals surface area contributed by atoms with Crippen molar-refractivity contribution in [2.75, 3.05) is 17.3 Å². The lowest BCUT2D eigenvalue weighted by Crippen LogP contribution is -2.37. The van der Waals surface area contributed by atoms with Crippen LogP contribution in [-0.4, -0.2) is 32.4 Å². The highest BCUT2D eigenvalue weighted by Gasteiger charge is 2.19. The zero-order valence-corrected chi connectivity index (χ0v) is 11.0. The molecule has 0 saturated carbocycles. The molecule has 1 rings (SSSR count). The quantitative estimate of drug-likeness (QED) is 0.834. The molecule has 1 amide bonds. The third-order valence-corrected chi connectivity index (χ3v) is 3.32. The molecule has 0 saturated heterocycles. The van der Waals surface area contributed by atoms with Crippen molar-refractivity contribution in [1.29, 1.82) is 0 Å². The Hall–Kier alpha value is -1.54. The van der Waals surface area contributed by atoms with E-state index in [0.29, 0.717) is 0 Å². The van der Waals surface area contributed by atoms with Gasteiger partial charge in [0.1, 0.15) is 27.2 Å². The first-order chi connectivity index (χ1) is 8.70. The number of nitrogens with one attached hydrogen (secondary N) is 1. The van der Waals surface area contributed by atoms with Gasteiger partial charge in [0.25, 0.3) is 0 Å². The van der Waals surface area contributed by atoms with E-state index in [4.69, 9.17) is 5.73 Å². The lowest BCUT2D eigenvalue weighted by molar-refractivity contribution is -0.117. The van der Waals surface area contributed by atoms with Crippen LogP contribution in [0.25, 0.3) is 0 Å². The lowest BCUT2D eigenvalue weighted by atomic mass is 10.2. The van der Waals surface area contributed by atoms with E-state index in [9.17, 15) is 22.0 Å². The van der Waals surface area contributed by atoms with Crippen LogP contribution in [-0.2, 0) is 14.6 Å². The van der Waals surface area contributed by atoms with Crippen molar-refractivity contribution in [3.63, 3.8) is 0 Å².